The van der Waals surface area contributed by atoms with Crippen molar-refractivity contribution in [1.82, 2.24) is 14.5 Å². The molecule has 0 aliphatic rings. The highest BCUT2D eigenvalue weighted by Crippen LogP contribution is 2.13. The van der Waals surface area contributed by atoms with E-state index in [1.54, 1.807) is 20.0 Å². The number of benzene rings is 1. The molecule has 0 aliphatic carbocycles. The third-order valence-corrected chi connectivity index (χ3v) is 4.77. The fraction of sp³-hybridized carbons (Fsp3) is 0.190. The van der Waals surface area contributed by atoms with E-state index < -0.39 is 17.8 Å². The first kappa shape index (κ1) is 20.8. The Morgan fingerprint density at radius 2 is 1.83 bits per heavy atom. The number of carbonyl (C=O) groups is 2. The van der Waals surface area contributed by atoms with Crippen LogP contribution in [0.5, 0.6) is 0 Å². The van der Waals surface area contributed by atoms with Gasteiger partial charge in [-0.2, -0.15) is 0 Å². The van der Waals surface area contributed by atoms with Crippen LogP contribution in [0.2, 0.25) is 0 Å². The Hall–Kier alpha value is -3.88. The van der Waals surface area contributed by atoms with Crippen LogP contribution < -0.4 is 16.2 Å². The second-order valence-corrected chi connectivity index (χ2v) is 6.82. The first-order valence-electron chi connectivity index (χ1n) is 9.08. The van der Waals surface area contributed by atoms with Crippen LogP contribution in [0.15, 0.2) is 60.0 Å². The summed E-state index contributed by atoms with van der Waals surface area (Å²) < 4.78 is 14.4. The van der Waals surface area contributed by atoms with E-state index in [9.17, 15) is 18.8 Å². The molecule has 154 valence electrons. The highest BCUT2D eigenvalue weighted by atomic mass is 19.1. The van der Waals surface area contributed by atoms with Gasteiger partial charge in [-0.1, -0.05) is 0 Å². The van der Waals surface area contributed by atoms with E-state index >= 15 is 0 Å². The van der Waals surface area contributed by atoms with Crippen LogP contribution >= 0.6 is 0 Å². The number of rotatable bonds is 7. The molecule has 0 spiro atoms. The Labute approximate surface area is 171 Å². The first-order chi connectivity index (χ1) is 14.3. The van der Waals surface area contributed by atoms with Crippen LogP contribution in [0.3, 0.4) is 0 Å². The number of anilines is 1. The largest absolute Gasteiger partial charge is 0.368 e. The highest BCUT2D eigenvalue weighted by molar-refractivity contribution is 6.08. The van der Waals surface area contributed by atoms with Gasteiger partial charge in [0, 0.05) is 30.6 Å². The summed E-state index contributed by atoms with van der Waals surface area (Å²) in [7, 11) is 1.59. The molecular formula is C21H20FN5O3. The predicted molar refractivity (Wildman–Crippen MR) is 109 cm³/mol. The van der Waals surface area contributed by atoms with Gasteiger partial charge in [-0.15, -0.1) is 0 Å². The number of primary amides is 1. The average Bonchev–Trinajstić information content (AvgIpc) is 2.74. The number of carbonyl (C=O) groups excluding carboxylic acids is 2. The third kappa shape index (κ3) is 4.40. The van der Waals surface area contributed by atoms with Crippen LogP contribution in [0.25, 0.3) is 0 Å². The Kier molecular flexibility index (Phi) is 6.01. The number of nitrogens with zero attached hydrogens (tertiary/aromatic N) is 4. The predicted octanol–water partition coefficient (Wildman–Crippen LogP) is 1.37. The fourth-order valence-electron chi connectivity index (χ4n) is 2.86. The van der Waals surface area contributed by atoms with E-state index in [4.69, 9.17) is 5.73 Å². The van der Waals surface area contributed by atoms with Crippen molar-refractivity contribution in [1.29, 1.82) is 0 Å². The topological polar surface area (TPSA) is 111 Å². The summed E-state index contributed by atoms with van der Waals surface area (Å²) in [6.45, 7) is 1.71. The fourth-order valence-corrected chi connectivity index (χ4v) is 2.86. The minimum Gasteiger partial charge on any atom is -0.368 e. The Morgan fingerprint density at radius 1 is 1.13 bits per heavy atom. The maximum atomic E-state index is 13.1. The number of ketones is 1. The lowest BCUT2D eigenvalue weighted by molar-refractivity contribution is -0.118. The normalized spacial score (nSPS) is 11.7. The molecule has 0 saturated heterocycles. The monoisotopic (exact) mass is 409 g/mol. The summed E-state index contributed by atoms with van der Waals surface area (Å²) in [5, 5.41) is 0. The van der Waals surface area contributed by atoms with Gasteiger partial charge in [-0.25, -0.2) is 9.37 Å². The van der Waals surface area contributed by atoms with Gasteiger partial charge in [-0.3, -0.25) is 23.9 Å². The summed E-state index contributed by atoms with van der Waals surface area (Å²) in [6, 6.07) is 6.16. The zero-order valence-electron chi connectivity index (χ0n) is 16.4. The zero-order chi connectivity index (χ0) is 21.8. The van der Waals surface area contributed by atoms with Crippen LogP contribution in [-0.2, 0) is 11.3 Å². The Morgan fingerprint density at radius 3 is 2.50 bits per heavy atom. The van der Waals surface area contributed by atoms with E-state index in [0.717, 1.165) is 0 Å². The number of halogens is 1. The van der Waals surface area contributed by atoms with E-state index in [1.807, 2.05) is 0 Å². The SMILES string of the molecule is CC(C(N)=O)N(C)c1cncn(Cc2cncc(C(=O)c3ccc(F)cc3)c2)c1=O. The second-order valence-electron chi connectivity index (χ2n) is 6.82. The molecular weight excluding hydrogens is 389 g/mol. The molecule has 9 heteroatoms. The summed E-state index contributed by atoms with van der Waals surface area (Å²) in [5.41, 5.74) is 6.42. The molecule has 0 fully saturated rings. The third-order valence-electron chi connectivity index (χ3n) is 4.77. The van der Waals surface area contributed by atoms with Gasteiger partial charge in [0.15, 0.2) is 5.78 Å². The lowest BCUT2D eigenvalue weighted by Gasteiger charge is -2.23. The zero-order valence-corrected chi connectivity index (χ0v) is 16.4. The molecule has 0 radical (unpaired) electrons. The van der Waals surface area contributed by atoms with E-state index in [-0.39, 0.29) is 23.6 Å². The molecule has 8 nitrogen and oxygen atoms in total. The minimum atomic E-state index is -0.686. The van der Waals surface area contributed by atoms with Gasteiger partial charge >= 0.3 is 0 Å². The van der Waals surface area contributed by atoms with Crippen molar-refractivity contribution in [2.75, 3.05) is 11.9 Å². The maximum absolute atomic E-state index is 13.1. The number of aromatic nitrogens is 3. The van der Waals surface area contributed by atoms with E-state index in [1.165, 1.54) is 58.7 Å². The van der Waals surface area contributed by atoms with Crippen molar-refractivity contribution in [3.63, 3.8) is 0 Å². The number of hydrogen-bond acceptors (Lipinski definition) is 6. The van der Waals surface area contributed by atoms with Gasteiger partial charge in [-0.05, 0) is 42.8 Å². The standard InChI is InChI=1S/C21H20FN5O3/c1-13(20(23)29)26(2)18-10-25-12-27(21(18)30)11-14-7-16(9-24-8-14)19(28)15-3-5-17(22)6-4-15/h3-10,12-13H,11H2,1-2H3,(H2,23,29). The molecule has 1 amide bonds. The van der Waals surface area contributed by atoms with Gasteiger partial charge < -0.3 is 10.6 Å². The van der Waals surface area contributed by atoms with Crippen molar-refractivity contribution < 1.29 is 14.0 Å². The van der Waals surface area contributed by atoms with Crippen LogP contribution in [0.1, 0.15) is 28.4 Å². The summed E-state index contributed by atoms with van der Waals surface area (Å²) in [5.74, 6) is -1.30. The lowest BCUT2D eigenvalue weighted by atomic mass is 10.0. The summed E-state index contributed by atoms with van der Waals surface area (Å²) in [4.78, 5) is 46.5. The smallest absolute Gasteiger partial charge is 0.277 e. The number of nitrogens with two attached hydrogens (primary N) is 1. The number of hydrogen-bond donors (Lipinski definition) is 1. The molecule has 2 N–H and O–H groups in total. The number of likely N-dealkylation sites (N-methyl/N-ethyl adjacent to an activating group) is 1. The molecule has 0 saturated carbocycles. The molecule has 0 aliphatic heterocycles. The van der Waals surface area contributed by atoms with Crippen molar-refractivity contribution in [3.05, 3.63) is 88.1 Å². The van der Waals surface area contributed by atoms with Gasteiger partial charge in [0.1, 0.15) is 17.5 Å². The first-order valence-corrected chi connectivity index (χ1v) is 9.08. The molecule has 1 aromatic carbocycles. The van der Waals surface area contributed by atoms with Gasteiger partial charge in [0.2, 0.25) is 5.91 Å². The van der Waals surface area contributed by atoms with Gasteiger partial charge in [0.25, 0.3) is 5.56 Å². The minimum absolute atomic E-state index is 0.121. The van der Waals surface area contributed by atoms with Crippen molar-refractivity contribution in [2.45, 2.75) is 19.5 Å². The quantitative estimate of drug-likeness (QED) is 0.590. The highest BCUT2D eigenvalue weighted by Gasteiger charge is 2.19. The number of pyridine rings is 1. The van der Waals surface area contributed by atoms with Crippen molar-refractivity contribution >= 4 is 17.4 Å². The average molecular weight is 409 g/mol. The Balaban J connectivity index is 1.87. The van der Waals surface area contributed by atoms with E-state index in [0.29, 0.717) is 16.7 Å². The second kappa shape index (κ2) is 8.64. The molecule has 3 rings (SSSR count). The summed E-state index contributed by atoms with van der Waals surface area (Å²) in [6.07, 6.45) is 5.68. The molecule has 1 unspecified atom stereocenters. The molecule has 30 heavy (non-hydrogen) atoms. The molecule has 1 atom stereocenters. The molecule has 2 aromatic heterocycles. The molecule has 2 heterocycles. The molecule has 3 aromatic rings. The number of amides is 1. The molecule has 0 bridgehead atoms. The van der Waals surface area contributed by atoms with Crippen molar-refractivity contribution in [2.24, 2.45) is 5.73 Å². The summed E-state index contributed by atoms with van der Waals surface area (Å²) >= 11 is 0. The van der Waals surface area contributed by atoms with Gasteiger partial charge in [0.05, 0.1) is 19.1 Å². The lowest BCUT2D eigenvalue weighted by Crippen LogP contribution is -2.43. The Bertz CT molecular complexity index is 1140. The van der Waals surface area contributed by atoms with Crippen LogP contribution in [0.4, 0.5) is 10.1 Å². The van der Waals surface area contributed by atoms with Crippen LogP contribution in [-0.4, -0.2) is 39.3 Å². The maximum Gasteiger partial charge on any atom is 0.277 e. The van der Waals surface area contributed by atoms with E-state index in [2.05, 4.69) is 9.97 Å². The van der Waals surface area contributed by atoms with Crippen LogP contribution in [0, 0.1) is 5.82 Å². The van der Waals surface area contributed by atoms with Crippen molar-refractivity contribution in [3.8, 4) is 0 Å².